The fourth-order valence-corrected chi connectivity index (χ4v) is 9.94. The lowest BCUT2D eigenvalue weighted by molar-refractivity contribution is -0.187. The molecular weight excluding hydrogens is 340 g/mol. The van der Waals surface area contributed by atoms with Crippen LogP contribution in [0.3, 0.4) is 0 Å². The van der Waals surface area contributed by atoms with Crippen LogP contribution >= 0.6 is 0 Å². The van der Waals surface area contributed by atoms with Gasteiger partial charge in [-0.2, -0.15) is 0 Å². The minimum absolute atomic E-state index is 0.203. The van der Waals surface area contributed by atoms with Crippen LogP contribution in [0.5, 0.6) is 0 Å². The second kappa shape index (κ2) is 4.75. The van der Waals surface area contributed by atoms with Crippen molar-refractivity contribution in [2.45, 2.75) is 83.5 Å². The van der Waals surface area contributed by atoms with Crippen molar-refractivity contribution < 1.29 is 19.4 Å². The number of rotatable bonds is 1. The van der Waals surface area contributed by atoms with Gasteiger partial charge in [-0.25, -0.2) is 0 Å². The topological polar surface area (TPSA) is 55.8 Å². The third-order valence-electron chi connectivity index (χ3n) is 11.4. The standard InChI is InChI=1S/C23H34O4/c1-12-19(24)27-18-10-16-14-9-17(26-4)22-11-13(22)5-7-20(22,2)15(14)6-8-21(16,3)23(12,18)25/h12-18,25H,5-11H2,1-4H3/t12-,13-,14-,15+,16+,17-,18+,20-,21+,22+,23-/m1/s1. The van der Waals surface area contributed by atoms with Crippen LogP contribution in [-0.2, 0) is 14.3 Å². The average Bonchev–Trinajstić information content (AvgIpc) is 3.16. The zero-order valence-corrected chi connectivity index (χ0v) is 17.2. The second-order valence-corrected chi connectivity index (χ2v) is 11.4. The molecule has 27 heavy (non-hydrogen) atoms. The van der Waals surface area contributed by atoms with Crippen LogP contribution < -0.4 is 0 Å². The van der Waals surface area contributed by atoms with E-state index >= 15 is 0 Å². The highest BCUT2D eigenvalue weighted by atomic mass is 16.6. The van der Waals surface area contributed by atoms with Crippen molar-refractivity contribution in [3.8, 4) is 0 Å². The van der Waals surface area contributed by atoms with Crippen molar-refractivity contribution >= 4 is 5.97 Å². The molecule has 5 saturated carbocycles. The first-order valence-electron chi connectivity index (χ1n) is 11.2. The number of hydrogen-bond donors (Lipinski definition) is 1. The summed E-state index contributed by atoms with van der Waals surface area (Å²) in [6.45, 7) is 6.71. The maximum atomic E-state index is 12.2. The Kier molecular flexibility index (Phi) is 3.04. The molecule has 11 atom stereocenters. The number of fused-ring (bicyclic) bond motifs is 6. The molecule has 0 aromatic rings. The predicted octanol–water partition coefficient (Wildman–Crippen LogP) is 3.56. The normalized spacial score (nSPS) is 65.7. The van der Waals surface area contributed by atoms with E-state index in [1.54, 1.807) is 0 Å². The Morgan fingerprint density at radius 2 is 1.85 bits per heavy atom. The van der Waals surface area contributed by atoms with Gasteiger partial charge in [-0.3, -0.25) is 4.79 Å². The number of ether oxygens (including phenoxy) is 2. The summed E-state index contributed by atoms with van der Waals surface area (Å²) in [4.78, 5) is 12.2. The van der Waals surface area contributed by atoms with Crippen molar-refractivity contribution in [3.05, 3.63) is 0 Å². The summed E-state index contributed by atoms with van der Waals surface area (Å²) in [5.41, 5.74) is -0.381. The smallest absolute Gasteiger partial charge is 0.312 e. The Balaban J connectivity index is 1.42. The average molecular weight is 375 g/mol. The summed E-state index contributed by atoms with van der Waals surface area (Å²) in [5.74, 6) is 2.04. The van der Waals surface area contributed by atoms with Gasteiger partial charge in [0.1, 0.15) is 11.7 Å². The molecule has 0 amide bonds. The van der Waals surface area contributed by atoms with E-state index in [-0.39, 0.29) is 17.5 Å². The molecule has 0 bridgehead atoms. The highest BCUT2D eigenvalue weighted by Gasteiger charge is 2.80. The third kappa shape index (κ3) is 1.56. The van der Waals surface area contributed by atoms with Crippen LogP contribution in [0.2, 0.25) is 0 Å². The van der Waals surface area contributed by atoms with Crippen LogP contribution in [-0.4, -0.2) is 36.0 Å². The maximum Gasteiger partial charge on any atom is 0.312 e. The molecule has 1 aliphatic heterocycles. The van der Waals surface area contributed by atoms with Crippen LogP contribution in [0.1, 0.15) is 65.7 Å². The molecule has 0 aromatic carbocycles. The molecule has 6 fully saturated rings. The maximum absolute atomic E-state index is 12.2. The van der Waals surface area contributed by atoms with Crippen LogP contribution in [0.15, 0.2) is 0 Å². The minimum atomic E-state index is -0.990. The number of carbonyl (C=O) groups is 1. The molecule has 5 aliphatic carbocycles. The molecule has 4 heteroatoms. The molecule has 6 aliphatic rings. The summed E-state index contributed by atoms with van der Waals surface area (Å²) in [6.07, 6.45) is 8.35. The van der Waals surface area contributed by atoms with Gasteiger partial charge in [0.15, 0.2) is 0 Å². The summed E-state index contributed by atoms with van der Waals surface area (Å²) in [6, 6.07) is 0. The zero-order valence-electron chi connectivity index (χ0n) is 17.2. The highest BCUT2D eigenvalue weighted by Crippen LogP contribution is 2.82. The van der Waals surface area contributed by atoms with Gasteiger partial charge in [-0.05, 0) is 81.0 Å². The van der Waals surface area contributed by atoms with E-state index in [1.807, 2.05) is 14.0 Å². The molecule has 0 radical (unpaired) electrons. The van der Waals surface area contributed by atoms with Gasteiger partial charge < -0.3 is 14.6 Å². The fraction of sp³-hybridized carbons (Fsp3) is 0.957. The van der Waals surface area contributed by atoms with Crippen molar-refractivity contribution in [2.24, 2.45) is 45.8 Å². The van der Waals surface area contributed by atoms with Crippen molar-refractivity contribution in [2.75, 3.05) is 7.11 Å². The van der Waals surface area contributed by atoms with E-state index in [2.05, 4.69) is 13.8 Å². The van der Waals surface area contributed by atoms with E-state index in [4.69, 9.17) is 9.47 Å². The Bertz CT molecular complexity index is 721. The zero-order chi connectivity index (χ0) is 19.0. The van der Waals surface area contributed by atoms with Gasteiger partial charge in [0.2, 0.25) is 0 Å². The van der Waals surface area contributed by atoms with Crippen LogP contribution in [0.4, 0.5) is 0 Å². The number of carbonyl (C=O) groups excluding carboxylic acids is 1. The first-order chi connectivity index (χ1) is 12.7. The third-order valence-corrected chi connectivity index (χ3v) is 11.4. The van der Waals surface area contributed by atoms with Crippen molar-refractivity contribution in [1.82, 2.24) is 0 Å². The van der Waals surface area contributed by atoms with E-state index < -0.39 is 11.5 Å². The molecule has 0 aromatic heterocycles. The van der Waals surface area contributed by atoms with Gasteiger partial charge in [-0.1, -0.05) is 13.8 Å². The monoisotopic (exact) mass is 374 g/mol. The second-order valence-electron chi connectivity index (χ2n) is 11.4. The Morgan fingerprint density at radius 1 is 1.11 bits per heavy atom. The molecular formula is C23H34O4. The van der Waals surface area contributed by atoms with Gasteiger partial charge in [0, 0.05) is 17.9 Å². The van der Waals surface area contributed by atoms with Gasteiger partial charge in [-0.15, -0.1) is 0 Å². The number of methoxy groups -OCH3 is 1. The fourth-order valence-electron chi connectivity index (χ4n) is 9.94. The van der Waals surface area contributed by atoms with Gasteiger partial charge >= 0.3 is 5.97 Å². The van der Waals surface area contributed by atoms with E-state index in [0.29, 0.717) is 28.8 Å². The lowest BCUT2D eigenvalue weighted by Crippen LogP contribution is -2.60. The van der Waals surface area contributed by atoms with Gasteiger partial charge in [0.25, 0.3) is 0 Å². The van der Waals surface area contributed by atoms with E-state index in [1.165, 1.54) is 25.7 Å². The molecule has 1 N–H and O–H groups in total. The Hall–Kier alpha value is -0.610. The molecule has 1 saturated heterocycles. The molecule has 0 unspecified atom stereocenters. The lowest BCUT2D eigenvalue weighted by atomic mass is 9.44. The molecule has 4 nitrogen and oxygen atoms in total. The lowest BCUT2D eigenvalue weighted by Gasteiger charge is -2.61. The van der Waals surface area contributed by atoms with Crippen LogP contribution in [0.25, 0.3) is 0 Å². The molecule has 150 valence electrons. The SMILES string of the molecule is CO[C@@H]1C[C@H]2[C@@H]3C[C@@H]4OC(=O)[C@@H](C)[C@]4(O)[C@@]3(C)CC[C@@H]2[C@@]2(C)CC[C@@H]3C[C@]312. The van der Waals surface area contributed by atoms with Crippen molar-refractivity contribution in [1.29, 1.82) is 0 Å². The summed E-state index contributed by atoms with van der Waals surface area (Å²) in [5, 5.41) is 11.8. The Labute approximate surface area is 162 Å². The van der Waals surface area contributed by atoms with Gasteiger partial charge in [0.05, 0.1) is 12.0 Å². The van der Waals surface area contributed by atoms with Crippen molar-refractivity contribution in [3.63, 3.8) is 0 Å². The summed E-state index contributed by atoms with van der Waals surface area (Å²) in [7, 11) is 1.91. The Morgan fingerprint density at radius 3 is 2.56 bits per heavy atom. The number of aliphatic hydroxyl groups is 1. The number of esters is 1. The predicted molar refractivity (Wildman–Crippen MR) is 99.7 cm³/mol. The first kappa shape index (κ1) is 17.3. The summed E-state index contributed by atoms with van der Waals surface area (Å²) >= 11 is 0. The molecule has 1 heterocycles. The first-order valence-corrected chi connectivity index (χ1v) is 11.2. The largest absolute Gasteiger partial charge is 0.459 e. The van der Waals surface area contributed by atoms with E-state index in [9.17, 15) is 9.90 Å². The molecule has 6 rings (SSSR count). The van der Waals surface area contributed by atoms with E-state index in [0.717, 1.165) is 31.1 Å². The quantitative estimate of drug-likeness (QED) is 0.713. The van der Waals surface area contributed by atoms with Crippen LogP contribution in [0, 0.1) is 45.8 Å². The molecule has 1 spiro atoms. The minimum Gasteiger partial charge on any atom is -0.459 e. The summed E-state index contributed by atoms with van der Waals surface area (Å²) < 4.78 is 11.9. The highest BCUT2D eigenvalue weighted by molar-refractivity contribution is 5.77. The number of hydrogen-bond acceptors (Lipinski definition) is 4.